The van der Waals surface area contributed by atoms with Gasteiger partial charge in [-0.05, 0) is 32.1 Å². The number of carboxylic acid groups (broad SMARTS) is 1. The molecule has 3 fully saturated rings. The Balaban J connectivity index is 1.65. The molecule has 0 spiro atoms. The van der Waals surface area contributed by atoms with Gasteiger partial charge in [0.05, 0.1) is 0 Å². The van der Waals surface area contributed by atoms with Crippen molar-refractivity contribution in [2.75, 3.05) is 32.7 Å². The Morgan fingerprint density at radius 3 is 2.33 bits per heavy atom. The van der Waals surface area contributed by atoms with Crippen molar-refractivity contribution >= 4 is 12.0 Å². The van der Waals surface area contributed by atoms with Crippen molar-refractivity contribution in [3.05, 3.63) is 0 Å². The first-order valence-electron chi connectivity index (χ1n) is 8.12. The molecule has 2 aliphatic heterocycles. The van der Waals surface area contributed by atoms with Gasteiger partial charge in [-0.1, -0.05) is 6.92 Å². The first-order valence-corrected chi connectivity index (χ1v) is 8.12. The summed E-state index contributed by atoms with van der Waals surface area (Å²) in [6, 6.07) is 0.662. The zero-order chi connectivity index (χ0) is 15.0. The fourth-order valence-electron chi connectivity index (χ4n) is 3.79. The summed E-state index contributed by atoms with van der Waals surface area (Å²) in [5.41, 5.74) is -0.981. The predicted octanol–water partition coefficient (Wildman–Crippen LogP) is 1.22. The molecule has 0 bridgehead atoms. The van der Waals surface area contributed by atoms with Gasteiger partial charge < -0.3 is 14.9 Å². The molecule has 6 nitrogen and oxygen atoms in total. The van der Waals surface area contributed by atoms with Crippen LogP contribution in [0.15, 0.2) is 0 Å². The van der Waals surface area contributed by atoms with Crippen molar-refractivity contribution in [1.82, 2.24) is 14.7 Å². The largest absolute Gasteiger partial charge is 0.479 e. The number of carbonyl (C=O) groups is 2. The summed E-state index contributed by atoms with van der Waals surface area (Å²) in [5, 5.41) is 9.58. The molecule has 1 saturated carbocycles. The van der Waals surface area contributed by atoms with Crippen LogP contribution in [0.4, 0.5) is 4.79 Å². The molecule has 1 N–H and O–H groups in total. The molecule has 3 aliphatic rings. The molecule has 3 rings (SSSR count). The van der Waals surface area contributed by atoms with Crippen LogP contribution in [0.5, 0.6) is 0 Å². The molecule has 1 aliphatic carbocycles. The quantitative estimate of drug-likeness (QED) is 0.850. The van der Waals surface area contributed by atoms with Gasteiger partial charge in [0.25, 0.3) is 0 Å². The Bertz CT molecular complexity index is 430. The summed E-state index contributed by atoms with van der Waals surface area (Å²) in [6.45, 7) is 5.75. The number of hydrogen-bond acceptors (Lipinski definition) is 3. The summed E-state index contributed by atoms with van der Waals surface area (Å²) in [4.78, 5) is 30.3. The number of likely N-dealkylation sites (tertiary alicyclic amines) is 1. The maximum atomic E-state index is 12.7. The minimum absolute atomic E-state index is 0.0767. The van der Waals surface area contributed by atoms with Crippen LogP contribution in [-0.2, 0) is 4.79 Å². The molecule has 1 atom stereocenters. The van der Waals surface area contributed by atoms with Gasteiger partial charge in [-0.25, -0.2) is 9.59 Å². The summed E-state index contributed by atoms with van der Waals surface area (Å²) >= 11 is 0. The van der Waals surface area contributed by atoms with Gasteiger partial charge in [-0.2, -0.15) is 0 Å². The molecule has 0 aromatic heterocycles. The Morgan fingerprint density at radius 2 is 1.81 bits per heavy atom. The highest BCUT2D eigenvalue weighted by Crippen LogP contribution is 2.34. The topological polar surface area (TPSA) is 64.1 Å². The van der Waals surface area contributed by atoms with E-state index in [9.17, 15) is 14.7 Å². The molecule has 1 unspecified atom stereocenters. The Hall–Kier alpha value is -1.30. The average Bonchev–Trinajstić information content (AvgIpc) is 3.25. The van der Waals surface area contributed by atoms with Gasteiger partial charge in [0, 0.05) is 38.8 Å². The highest BCUT2D eigenvalue weighted by molar-refractivity contribution is 5.87. The van der Waals surface area contributed by atoms with E-state index in [2.05, 4.69) is 4.90 Å². The smallest absolute Gasteiger partial charge is 0.329 e. The van der Waals surface area contributed by atoms with Gasteiger partial charge in [0.15, 0.2) is 0 Å². The lowest BCUT2D eigenvalue weighted by atomic mass is 9.93. The van der Waals surface area contributed by atoms with E-state index in [0.29, 0.717) is 19.4 Å². The fourth-order valence-corrected chi connectivity index (χ4v) is 3.79. The molecule has 0 aromatic rings. The minimum Gasteiger partial charge on any atom is -0.479 e. The second-order valence-electron chi connectivity index (χ2n) is 6.48. The first kappa shape index (κ1) is 14.6. The zero-order valence-corrected chi connectivity index (χ0v) is 12.8. The lowest BCUT2D eigenvalue weighted by molar-refractivity contribution is -0.148. The number of amides is 2. The van der Waals surface area contributed by atoms with Crippen molar-refractivity contribution in [2.24, 2.45) is 0 Å². The minimum atomic E-state index is -0.981. The fraction of sp³-hybridized carbons (Fsp3) is 0.867. The summed E-state index contributed by atoms with van der Waals surface area (Å²) in [7, 11) is 0. The number of hydrogen-bond donors (Lipinski definition) is 1. The van der Waals surface area contributed by atoms with Gasteiger partial charge in [-0.15, -0.1) is 0 Å². The monoisotopic (exact) mass is 295 g/mol. The van der Waals surface area contributed by atoms with E-state index in [-0.39, 0.29) is 6.03 Å². The third-order valence-corrected chi connectivity index (χ3v) is 5.35. The lowest BCUT2D eigenvalue weighted by Crippen LogP contribution is -2.59. The molecule has 6 heteroatoms. The number of carbonyl (C=O) groups excluding carboxylic acids is 1. The van der Waals surface area contributed by atoms with Crippen molar-refractivity contribution in [3.63, 3.8) is 0 Å². The Morgan fingerprint density at radius 1 is 1.14 bits per heavy atom. The summed E-state index contributed by atoms with van der Waals surface area (Å²) in [6.07, 6.45) is 4.42. The van der Waals surface area contributed by atoms with Gasteiger partial charge in [0.1, 0.15) is 5.54 Å². The molecule has 0 aromatic carbocycles. The highest BCUT2D eigenvalue weighted by Gasteiger charge is 2.49. The van der Waals surface area contributed by atoms with E-state index < -0.39 is 11.5 Å². The second-order valence-corrected chi connectivity index (χ2v) is 6.48. The third-order valence-electron chi connectivity index (χ3n) is 5.35. The molecule has 2 amide bonds. The van der Waals surface area contributed by atoms with E-state index in [0.717, 1.165) is 38.6 Å². The lowest BCUT2D eigenvalue weighted by Gasteiger charge is -2.41. The van der Waals surface area contributed by atoms with Crippen molar-refractivity contribution in [3.8, 4) is 0 Å². The van der Waals surface area contributed by atoms with Gasteiger partial charge >= 0.3 is 12.0 Å². The normalized spacial score (nSPS) is 30.7. The molecule has 2 heterocycles. The van der Waals surface area contributed by atoms with E-state index in [4.69, 9.17) is 0 Å². The summed E-state index contributed by atoms with van der Waals surface area (Å²) < 4.78 is 0. The number of urea groups is 1. The Labute approximate surface area is 125 Å². The van der Waals surface area contributed by atoms with E-state index in [1.54, 1.807) is 4.90 Å². The van der Waals surface area contributed by atoms with E-state index in [1.165, 1.54) is 12.8 Å². The van der Waals surface area contributed by atoms with Crippen molar-refractivity contribution < 1.29 is 14.7 Å². The standard InChI is InChI=1S/C15H25N3O3/c1-2-15(13(19)20)6-3-7-18(15)14(21)17-10-8-16(9-11-17)12-4-5-12/h12H,2-11H2,1H3,(H,19,20). The van der Waals surface area contributed by atoms with Crippen LogP contribution in [0.25, 0.3) is 0 Å². The maximum absolute atomic E-state index is 12.7. The number of aliphatic carboxylic acids is 1. The molecule has 2 saturated heterocycles. The van der Waals surface area contributed by atoms with Gasteiger partial charge in [0.2, 0.25) is 0 Å². The SMILES string of the molecule is CCC1(C(=O)O)CCCN1C(=O)N1CCN(C2CC2)CC1. The number of piperazine rings is 1. The van der Waals surface area contributed by atoms with E-state index >= 15 is 0 Å². The number of rotatable bonds is 3. The van der Waals surface area contributed by atoms with Crippen LogP contribution < -0.4 is 0 Å². The molecule has 21 heavy (non-hydrogen) atoms. The van der Waals surface area contributed by atoms with Crippen LogP contribution >= 0.6 is 0 Å². The molecule has 118 valence electrons. The average molecular weight is 295 g/mol. The number of carboxylic acids is 1. The van der Waals surface area contributed by atoms with Crippen molar-refractivity contribution in [2.45, 2.75) is 50.6 Å². The van der Waals surface area contributed by atoms with Gasteiger partial charge in [-0.3, -0.25) is 4.90 Å². The molecular weight excluding hydrogens is 270 g/mol. The van der Waals surface area contributed by atoms with Crippen LogP contribution in [-0.4, -0.2) is 76.1 Å². The molecule has 0 radical (unpaired) electrons. The van der Waals surface area contributed by atoms with Crippen molar-refractivity contribution in [1.29, 1.82) is 0 Å². The summed E-state index contributed by atoms with van der Waals surface area (Å²) in [5.74, 6) is -0.854. The first-order chi connectivity index (χ1) is 10.1. The Kier molecular flexibility index (Phi) is 3.82. The maximum Gasteiger partial charge on any atom is 0.329 e. The molecular formula is C15H25N3O3. The van der Waals surface area contributed by atoms with Crippen LogP contribution in [0.2, 0.25) is 0 Å². The number of nitrogens with zero attached hydrogens (tertiary/aromatic N) is 3. The predicted molar refractivity (Wildman–Crippen MR) is 78.2 cm³/mol. The van der Waals surface area contributed by atoms with Crippen LogP contribution in [0.3, 0.4) is 0 Å². The van der Waals surface area contributed by atoms with Crippen LogP contribution in [0.1, 0.15) is 39.0 Å². The second kappa shape index (κ2) is 5.48. The zero-order valence-electron chi connectivity index (χ0n) is 12.8. The third kappa shape index (κ3) is 2.50. The van der Waals surface area contributed by atoms with E-state index in [1.807, 2.05) is 11.8 Å². The highest BCUT2D eigenvalue weighted by atomic mass is 16.4. The van der Waals surface area contributed by atoms with Crippen LogP contribution in [0, 0.1) is 0 Å².